The van der Waals surface area contributed by atoms with Crippen molar-refractivity contribution >= 4 is 5.95 Å². The maximum atomic E-state index is 5.56. The second-order valence-corrected chi connectivity index (χ2v) is 4.70. The van der Waals surface area contributed by atoms with Crippen LogP contribution in [0.15, 0.2) is 24.3 Å². The Bertz CT molecular complexity index is 586. The molecule has 2 aromatic rings. The maximum Gasteiger partial charge on any atom is 0.321 e. The van der Waals surface area contributed by atoms with Gasteiger partial charge in [-0.2, -0.15) is 15.0 Å². The molecule has 0 spiro atoms. The van der Waals surface area contributed by atoms with Crippen LogP contribution < -0.4 is 10.1 Å². The predicted molar refractivity (Wildman–Crippen MR) is 84.6 cm³/mol. The van der Waals surface area contributed by atoms with Crippen molar-refractivity contribution in [3.05, 3.63) is 29.8 Å². The normalized spacial score (nSPS) is 10.4. The molecule has 0 radical (unpaired) electrons. The van der Waals surface area contributed by atoms with Crippen LogP contribution in [0.25, 0.3) is 11.4 Å². The van der Waals surface area contributed by atoms with Crippen LogP contribution in [0.3, 0.4) is 0 Å². The molecule has 1 N–H and O–H groups in total. The van der Waals surface area contributed by atoms with Crippen LogP contribution in [0.5, 0.6) is 6.01 Å². The standard InChI is InChI=1S/C16H22N4O/c1-4-10-21-16-19-14(18-15(20-16)17-6-3)13-9-7-8-12(5-2)11-13/h7-9,11H,4-6,10H2,1-3H3,(H,17,18,19,20). The van der Waals surface area contributed by atoms with Gasteiger partial charge >= 0.3 is 6.01 Å². The largest absolute Gasteiger partial charge is 0.463 e. The number of rotatable bonds is 7. The third-order valence-electron chi connectivity index (χ3n) is 2.98. The van der Waals surface area contributed by atoms with E-state index >= 15 is 0 Å². The summed E-state index contributed by atoms with van der Waals surface area (Å²) < 4.78 is 5.56. The quantitative estimate of drug-likeness (QED) is 0.846. The van der Waals surface area contributed by atoms with Crippen LogP contribution in [0.2, 0.25) is 0 Å². The fourth-order valence-corrected chi connectivity index (χ4v) is 1.91. The molecule has 1 heterocycles. The summed E-state index contributed by atoms with van der Waals surface area (Å²) in [6, 6.07) is 8.62. The highest BCUT2D eigenvalue weighted by Gasteiger charge is 2.09. The third kappa shape index (κ3) is 4.15. The van der Waals surface area contributed by atoms with Crippen molar-refractivity contribution in [3.8, 4) is 17.4 Å². The fraction of sp³-hybridized carbons (Fsp3) is 0.438. The van der Waals surface area contributed by atoms with E-state index in [4.69, 9.17) is 4.74 Å². The molecule has 21 heavy (non-hydrogen) atoms. The van der Waals surface area contributed by atoms with Gasteiger partial charge in [-0.3, -0.25) is 0 Å². The van der Waals surface area contributed by atoms with Gasteiger partial charge in [0.15, 0.2) is 5.82 Å². The zero-order chi connectivity index (χ0) is 15.1. The molecular weight excluding hydrogens is 264 g/mol. The molecule has 2 rings (SSSR count). The summed E-state index contributed by atoms with van der Waals surface area (Å²) in [6.45, 7) is 7.55. The molecule has 5 heteroatoms. The second kappa shape index (κ2) is 7.57. The molecule has 0 amide bonds. The Morgan fingerprint density at radius 2 is 1.95 bits per heavy atom. The lowest BCUT2D eigenvalue weighted by Crippen LogP contribution is -2.08. The molecule has 0 aliphatic carbocycles. The van der Waals surface area contributed by atoms with Crippen molar-refractivity contribution in [1.82, 2.24) is 15.0 Å². The molecule has 0 saturated heterocycles. The molecule has 0 bridgehead atoms. The monoisotopic (exact) mass is 286 g/mol. The molecular formula is C16H22N4O. The first-order chi connectivity index (χ1) is 10.3. The Hall–Kier alpha value is -2.17. The van der Waals surface area contributed by atoms with E-state index in [1.807, 2.05) is 19.1 Å². The van der Waals surface area contributed by atoms with E-state index in [0.29, 0.717) is 24.4 Å². The zero-order valence-corrected chi connectivity index (χ0v) is 12.9. The molecule has 5 nitrogen and oxygen atoms in total. The van der Waals surface area contributed by atoms with Gasteiger partial charge in [0, 0.05) is 12.1 Å². The van der Waals surface area contributed by atoms with Crippen molar-refractivity contribution in [3.63, 3.8) is 0 Å². The molecule has 0 aliphatic rings. The van der Waals surface area contributed by atoms with Gasteiger partial charge in [-0.1, -0.05) is 32.0 Å². The van der Waals surface area contributed by atoms with Crippen molar-refractivity contribution < 1.29 is 4.74 Å². The predicted octanol–water partition coefficient (Wildman–Crippen LogP) is 3.32. The minimum atomic E-state index is 0.375. The van der Waals surface area contributed by atoms with Crippen molar-refractivity contribution in [2.45, 2.75) is 33.6 Å². The lowest BCUT2D eigenvalue weighted by atomic mass is 10.1. The van der Waals surface area contributed by atoms with Crippen molar-refractivity contribution in [2.24, 2.45) is 0 Å². The van der Waals surface area contributed by atoms with Gasteiger partial charge in [-0.15, -0.1) is 0 Å². The van der Waals surface area contributed by atoms with Crippen LogP contribution in [0.4, 0.5) is 5.95 Å². The number of nitrogens with one attached hydrogen (secondary N) is 1. The van der Waals surface area contributed by atoms with Gasteiger partial charge < -0.3 is 10.1 Å². The lowest BCUT2D eigenvalue weighted by molar-refractivity contribution is 0.292. The van der Waals surface area contributed by atoms with E-state index < -0.39 is 0 Å². The van der Waals surface area contributed by atoms with Crippen molar-refractivity contribution in [1.29, 1.82) is 0 Å². The number of aromatic nitrogens is 3. The zero-order valence-electron chi connectivity index (χ0n) is 12.9. The molecule has 0 unspecified atom stereocenters. The Kier molecular flexibility index (Phi) is 5.49. The van der Waals surface area contributed by atoms with Gasteiger partial charge in [-0.05, 0) is 31.4 Å². The highest BCUT2D eigenvalue weighted by molar-refractivity contribution is 5.57. The van der Waals surface area contributed by atoms with E-state index in [9.17, 15) is 0 Å². The topological polar surface area (TPSA) is 59.9 Å². The van der Waals surface area contributed by atoms with Gasteiger partial charge in [0.05, 0.1) is 6.61 Å². The number of nitrogens with zero attached hydrogens (tertiary/aromatic N) is 3. The summed E-state index contributed by atoms with van der Waals surface area (Å²) in [4.78, 5) is 13.2. The summed E-state index contributed by atoms with van der Waals surface area (Å²) in [5.74, 6) is 1.19. The smallest absolute Gasteiger partial charge is 0.321 e. The Labute approximate surface area is 125 Å². The average Bonchev–Trinajstić information content (AvgIpc) is 2.53. The summed E-state index contributed by atoms with van der Waals surface area (Å²) >= 11 is 0. The van der Waals surface area contributed by atoms with E-state index in [2.05, 4.69) is 46.2 Å². The number of hydrogen-bond acceptors (Lipinski definition) is 5. The van der Waals surface area contributed by atoms with Gasteiger partial charge in [0.2, 0.25) is 5.95 Å². The molecule has 0 saturated carbocycles. The van der Waals surface area contributed by atoms with Gasteiger partial charge in [0.1, 0.15) is 0 Å². The third-order valence-corrected chi connectivity index (χ3v) is 2.98. The summed E-state index contributed by atoms with van der Waals surface area (Å²) in [7, 11) is 0. The number of aryl methyl sites for hydroxylation is 1. The minimum Gasteiger partial charge on any atom is -0.463 e. The number of hydrogen-bond donors (Lipinski definition) is 1. The molecule has 0 aliphatic heterocycles. The second-order valence-electron chi connectivity index (χ2n) is 4.70. The minimum absolute atomic E-state index is 0.375. The van der Waals surface area contributed by atoms with E-state index in [-0.39, 0.29) is 0 Å². The fourth-order valence-electron chi connectivity index (χ4n) is 1.91. The first-order valence-corrected chi connectivity index (χ1v) is 7.48. The first kappa shape index (κ1) is 15.2. The van der Waals surface area contributed by atoms with E-state index in [1.54, 1.807) is 0 Å². The van der Waals surface area contributed by atoms with Crippen LogP contribution in [0, 0.1) is 0 Å². The maximum absolute atomic E-state index is 5.56. The van der Waals surface area contributed by atoms with E-state index in [0.717, 1.165) is 24.9 Å². The Balaban J connectivity index is 2.37. The molecule has 0 fully saturated rings. The first-order valence-electron chi connectivity index (χ1n) is 7.48. The van der Waals surface area contributed by atoms with Crippen LogP contribution >= 0.6 is 0 Å². The highest BCUT2D eigenvalue weighted by Crippen LogP contribution is 2.20. The average molecular weight is 286 g/mol. The Morgan fingerprint density at radius 1 is 1.10 bits per heavy atom. The molecule has 1 aromatic carbocycles. The van der Waals surface area contributed by atoms with Crippen LogP contribution in [-0.4, -0.2) is 28.1 Å². The molecule has 1 aromatic heterocycles. The number of anilines is 1. The number of benzene rings is 1. The number of ether oxygens (including phenoxy) is 1. The SMILES string of the molecule is CCCOc1nc(NCC)nc(-c2cccc(CC)c2)n1. The van der Waals surface area contributed by atoms with Crippen molar-refractivity contribution in [2.75, 3.05) is 18.5 Å². The van der Waals surface area contributed by atoms with Crippen LogP contribution in [0.1, 0.15) is 32.8 Å². The van der Waals surface area contributed by atoms with E-state index in [1.165, 1.54) is 5.56 Å². The molecule has 0 atom stereocenters. The lowest BCUT2D eigenvalue weighted by Gasteiger charge is -2.09. The highest BCUT2D eigenvalue weighted by atomic mass is 16.5. The molecule has 112 valence electrons. The van der Waals surface area contributed by atoms with Gasteiger partial charge in [0.25, 0.3) is 0 Å². The van der Waals surface area contributed by atoms with Crippen LogP contribution in [-0.2, 0) is 6.42 Å². The summed E-state index contributed by atoms with van der Waals surface area (Å²) in [5, 5.41) is 3.12. The summed E-state index contributed by atoms with van der Waals surface area (Å²) in [6.07, 6.45) is 1.90. The van der Waals surface area contributed by atoms with Gasteiger partial charge in [-0.25, -0.2) is 0 Å². The summed E-state index contributed by atoms with van der Waals surface area (Å²) in [5.41, 5.74) is 2.24. The Morgan fingerprint density at radius 3 is 2.67 bits per heavy atom.